The number of thiocyanates is 3. The van der Waals surface area contributed by atoms with Gasteiger partial charge < -0.3 is 18.5 Å². The van der Waals surface area contributed by atoms with E-state index in [9.17, 15) is 0 Å². The van der Waals surface area contributed by atoms with Crippen molar-refractivity contribution in [1.29, 1.82) is 15.8 Å². The maximum Gasteiger partial charge on any atom is 0.130 e. The van der Waals surface area contributed by atoms with Crippen LogP contribution in [0, 0.1) is 32.0 Å². The summed E-state index contributed by atoms with van der Waals surface area (Å²) in [5.74, 6) is 0. The normalized spacial score (nSPS) is 2.00. The SMILES string of the molecule is N.N.N.N#CS.N#CS.N#CS. The van der Waals surface area contributed by atoms with Gasteiger partial charge >= 0.3 is 0 Å². The summed E-state index contributed by atoms with van der Waals surface area (Å²) in [6, 6.07) is 0. The molecule has 0 aromatic carbocycles. The van der Waals surface area contributed by atoms with Gasteiger partial charge in [0, 0.05) is 0 Å². The minimum Gasteiger partial charge on any atom is -0.344 e. The smallest absolute Gasteiger partial charge is 0.130 e. The molecule has 0 saturated heterocycles. The molecule has 0 rings (SSSR count). The molecule has 0 bridgehead atoms. The molecule has 0 amide bonds. The van der Waals surface area contributed by atoms with Crippen molar-refractivity contribution in [2.24, 2.45) is 0 Å². The van der Waals surface area contributed by atoms with Crippen molar-refractivity contribution in [1.82, 2.24) is 18.5 Å². The zero-order valence-electron chi connectivity index (χ0n) is 6.30. The predicted molar refractivity (Wildman–Crippen MR) is 58.9 cm³/mol. The summed E-state index contributed by atoms with van der Waals surface area (Å²) in [6.45, 7) is 0. The van der Waals surface area contributed by atoms with Crippen LogP contribution in [0.5, 0.6) is 0 Å². The zero-order valence-corrected chi connectivity index (χ0v) is 8.99. The van der Waals surface area contributed by atoms with Gasteiger partial charge in [0.05, 0.1) is 0 Å². The molecule has 0 fully saturated rings. The second-order valence-electron chi connectivity index (χ2n) is 0.300. The molecular weight excluding hydrogens is 216 g/mol. The highest BCUT2D eigenvalue weighted by Gasteiger charge is 1.18. The molecule has 0 aromatic rings. The first-order valence-electron chi connectivity index (χ1n) is 1.34. The lowest BCUT2D eigenvalue weighted by Gasteiger charge is -1.14. The first-order chi connectivity index (χ1) is 4.24. The minimum absolute atomic E-state index is 0. The topological polar surface area (TPSA) is 176 Å². The van der Waals surface area contributed by atoms with E-state index < -0.39 is 0 Å². The van der Waals surface area contributed by atoms with Crippen LogP contribution in [0.15, 0.2) is 0 Å². The van der Waals surface area contributed by atoms with Gasteiger partial charge in [-0.25, -0.2) is 0 Å². The van der Waals surface area contributed by atoms with Gasteiger partial charge in [-0.15, -0.1) is 0 Å². The van der Waals surface area contributed by atoms with E-state index in [1.807, 2.05) is 0 Å². The number of thiol groups is 3. The molecule has 9 heteroatoms. The molecule has 12 heavy (non-hydrogen) atoms. The maximum atomic E-state index is 7.18. The van der Waals surface area contributed by atoms with E-state index in [1.165, 1.54) is 16.2 Å². The number of hydrogen-bond acceptors (Lipinski definition) is 9. The molecule has 0 aliphatic heterocycles. The Labute approximate surface area is 88.5 Å². The Morgan fingerprint density at radius 3 is 0.583 bits per heavy atom. The molecule has 0 atom stereocenters. The van der Waals surface area contributed by atoms with Crippen LogP contribution in [-0.2, 0) is 0 Å². The Morgan fingerprint density at radius 2 is 0.583 bits per heavy atom. The van der Waals surface area contributed by atoms with Crippen molar-refractivity contribution < 1.29 is 0 Å². The van der Waals surface area contributed by atoms with Crippen LogP contribution < -0.4 is 18.5 Å². The molecule has 6 nitrogen and oxygen atoms in total. The molecule has 72 valence electrons. The van der Waals surface area contributed by atoms with Crippen LogP contribution in [0.1, 0.15) is 0 Å². The lowest BCUT2D eigenvalue weighted by Crippen LogP contribution is -0.961. The average Bonchev–Trinajstić information content (AvgIpc) is 1.70. The highest BCUT2D eigenvalue weighted by Crippen LogP contribution is 1.47. The number of rotatable bonds is 0. The first kappa shape index (κ1) is 42.3. The zero-order chi connectivity index (χ0) is 8.12. The second-order valence-corrected chi connectivity index (χ2v) is 0.900. The van der Waals surface area contributed by atoms with Gasteiger partial charge in [-0.05, 0) is 0 Å². The fourth-order valence-corrected chi connectivity index (χ4v) is 0. The maximum absolute atomic E-state index is 7.18. The molecule has 9 N–H and O–H groups in total. The highest BCUT2D eigenvalue weighted by atomic mass is 32.1. The van der Waals surface area contributed by atoms with E-state index in [2.05, 4.69) is 37.9 Å². The van der Waals surface area contributed by atoms with E-state index in [4.69, 9.17) is 15.8 Å². The van der Waals surface area contributed by atoms with Gasteiger partial charge in [0.2, 0.25) is 0 Å². The molecule has 0 aliphatic rings. The summed E-state index contributed by atoms with van der Waals surface area (Å²) >= 11 is 9.28. The molecule has 0 unspecified atom stereocenters. The third-order valence-electron chi connectivity index (χ3n) is 0. The highest BCUT2D eigenvalue weighted by molar-refractivity contribution is 7.85. The average molecular weight is 228 g/mol. The third kappa shape index (κ3) is 1840. The Bertz CT molecular complexity index is 111. The van der Waals surface area contributed by atoms with Crippen molar-refractivity contribution in [3.8, 4) is 16.2 Å². The van der Waals surface area contributed by atoms with E-state index in [-0.39, 0.29) is 18.5 Å². The first-order valence-corrected chi connectivity index (χ1v) is 2.68. The molecule has 0 heterocycles. The summed E-state index contributed by atoms with van der Waals surface area (Å²) in [5.41, 5.74) is 0. The Kier molecular flexibility index (Phi) is 562. The quantitative estimate of drug-likeness (QED) is 0.271. The fraction of sp³-hybridized carbons (Fsp3) is 0. The summed E-state index contributed by atoms with van der Waals surface area (Å²) in [6.07, 6.45) is 0. The minimum atomic E-state index is 0. The molecule has 0 radical (unpaired) electrons. The summed E-state index contributed by atoms with van der Waals surface area (Å²) < 4.78 is 0. The Hall–Kier alpha value is -0.600. The number of hydrogen-bond donors (Lipinski definition) is 6. The standard InChI is InChI=1S/3CHNS.3H3N/c3*2-1-3;;;/h3*3H;3*1H3. The third-order valence-corrected chi connectivity index (χ3v) is 0. The number of nitrogens with zero attached hydrogens (tertiary/aromatic N) is 3. The molecular formula is C3H12N6S3. The van der Waals surface area contributed by atoms with Crippen molar-refractivity contribution in [2.45, 2.75) is 0 Å². The summed E-state index contributed by atoms with van der Waals surface area (Å²) in [5, 5.41) is 25.9. The predicted octanol–water partition coefficient (Wildman–Crippen LogP) is 1.68. The van der Waals surface area contributed by atoms with Crippen molar-refractivity contribution >= 4 is 37.9 Å². The fourth-order valence-electron chi connectivity index (χ4n) is 0. The van der Waals surface area contributed by atoms with Crippen LogP contribution in [-0.4, -0.2) is 0 Å². The second kappa shape index (κ2) is 160. The Morgan fingerprint density at radius 1 is 0.583 bits per heavy atom. The van der Waals surface area contributed by atoms with Crippen LogP contribution in [0.4, 0.5) is 0 Å². The van der Waals surface area contributed by atoms with Gasteiger partial charge in [-0.2, -0.15) is 15.8 Å². The molecule has 0 spiro atoms. The number of nitriles is 3. The van der Waals surface area contributed by atoms with Crippen molar-refractivity contribution in [2.75, 3.05) is 0 Å². The van der Waals surface area contributed by atoms with Gasteiger partial charge in [0.25, 0.3) is 0 Å². The van der Waals surface area contributed by atoms with Gasteiger partial charge in [0.1, 0.15) is 16.2 Å². The monoisotopic (exact) mass is 228 g/mol. The largest absolute Gasteiger partial charge is 0.344 e. The lowest BCUT2D eigenvalue weighted by atomic mass is 11.8. The van der Waals surface area contributed by atoms with E-state index in [0.717, 1.165) is 0 Å². The van der Waals surface area contributed by atoms with Crippen LogP contribution >= 0.6 is 37.9 Å². The summed E-state index contributed by atoms with van der Waals surface area (Å²) in [7, 11) is 0. The van der Waals surface area contributed by atoms with Crippen LogP contribution in [0.3, 0.4) is 0 Å². The molecule has 0 aromatic heterocycles. The Balaban J connectivity index is -0.00000001000. The van der Waals surface area contributed by atoms with Gasteiger partial charge in [0.15, 0.2) is 0 Å². The lowest BCUT2D eigenvalue weighted by molar-refractivity contribution is 1.57. The van der Waals surface area contributed by atoms with Crippen molar-refractivity contribution in [3.05, 3.63) is 0 Å². The molecule has 0 aliphatic carbocycles. The van der Waals surface area contributed by atoms with Gasteiger partial charge in [-0.3, -0.25) is 0 Å². The van der Waals surface area contributed by atoms with E-state index >= 15 is 0 Å². The van der Waals surface area contributed by atoms with Crippen LogP contribution in [0.2, 0.25) is 0 Å². The molecule has 0 saturated carbocycles. The summed E-state index contributed by atoms with van der Waals surface area (Å²) in [4.78, 5) is 0. The van der Waals surface area contributed by atoms with Gasteiger partial charge in [-0.1, -0.05) is 37.9 Å². The van der Waals surface area contributed by atoms with E-state index in [1.54, 1.807) is 0 Å². The van der Waals surface area contributed by atoms with Crippen LogP contribution in [0.25, 0.3) is 0 Å². The van der Waals surface area contributed by atoms with Crippen molar-refractivity contribution in [3.63, 3.8) is 0 Å². The van der Waals surface area contributed by atoms with E-state index in [0.29, 0.717) is 0 Å².